The second-order valence-electron chi connectivity index (χ2n) is 9.83. The van der Waals surface area contributed by atoms with Crippen molar-refractivity contribution in [2.75, 3.05) is 10.6 Å². The number of anilines is 2. The summed E-state index contributed by atoms with van der Waals surface area (Å²) in [4.78, 5) is 14.1. The number of fused-ring (bicyclic) bond motifs is 1. The SMILES string of the molecule is O=C(NC1CCCCC1)C(C1CCCCC1)C1(c2ccc(Br)cc2)Nc2ccccc2N1. The summed E-state index contributed by atoms with van der Waals surface area (Å²) in [5.74, 6) is 0.378. The Balaban J connectivity index is 1.55. The molecule has 32 heavy (non-hydrogen) atoms. The standard InChI is InChI=1S/C27H34BrN3O/c28-21-17-15-20(16-18-21)27(30-23-13-7-8-14-24(23)31-27)25(19-9-3-1-4-10-19)26(32)29-22-11-5-2-6-12-22/h7-8,13-19,22,25,30-31H,1-6,9-12H2,(H,29,32). The molecular weight excluding hydrogens is 462 g/mol. The van der Waals surface area contributed by atoms with Crippen LogP contribution < -0.4 is 16.0 Å². The minimum Gasteiger partial charge on any atom is -0.357 e. The van der Waals surface area contributed by atoms with E-state index >= 15 is 0 Å². The van der Waals surface area contributed by atoms with E-state index in [2.05, 4.69) is 80.4 Å². The van der Waals surface area contributed by atoms with Gasteiger partial charge in [0.25, 0.3) is 0 Å². The zero-order chi connectivity index (χ0) is 22.0. The molecule has 2 saturated carbocycles. The van der Waals surface area contributed by atoms with Gasteiger partial charge < -0.3 is 16.0 Å². The first kappa shape index (κ1) is 21.8. The number of amides is 1. The number of hydrogen-bond donors (Lipinski definition) is 3. The number of carbonyl (C=O) groups is 1. The van der Waals surface area contributed by atoms with Crippen molar-refractivity contribution in [2.24, 2.45) is 11.8 Å². The fourth-order valence-electron chi connectivity index (χ4n) is 6.12. The van der Waals surface area contributed by atoms with Crippen LogP contribution in [0.1, 0.15) is 69.8 Å². The monoisotopic (exact) mass is 495 g/mol. The minimum absolute atomic E-state index is 0.182. The lowest BCUT2D eigenvalue weighted by Gasteiger charge is -2.44. The zero-order valence-electron chi connectivity index (χ0n) is 18.7. The van der Waals surface area contributed by atoms with Crippen molar-refractivity contribution < 1.29 is 4.79 Å². The van der Waals surface area contributed by atoms with Crippen LogP contribution >= 0.6 is 15.9 Å². The number of halogens is 1. The summed E-state index contributed by atoms with van der Waals surface area (Å²) in [6, 6.07) is 17.1. The Morgan fingerprint density at radius 1 is 0.844 bits per heavy atom. The van der Waals surface area contributed by atoms with E-state index in [1.165, 1.54) is 38.5 Å². The van der Waals surface area contributed by atoms with Crippen molar-refractivity contribution >= 4 is 33.2 Å². The average molecular weight is 496 g/mol. The van der Waals surface area contributed by atoms with Gasteiger partial charge in [-0.2, -0.15) is 0 Å². The number of para-hydroxylation sites is 2. The molecule has 5 rings (SSSR count). The predicted molar refractivity (Wildman–Crippen MR) is 135 cm³/mol. The van der Waals surface area contributed by atoms with Crippen molar-refractivity contribution in [3.63, 3.8) is 0 Å². The summed E-state index contributed by atoms with van der Waals surface area (Å²) < 4.78 is 1.05. The third-order valence-corrected chi connectivity index (χ3v) is 8.24. The van der Waals surface area contributed by atoms with Crippen LogP contribution in [0.25, 0.3) is 0 Å². The van der Waals surface area contributed by atoms with Gasteiger partial charge in [0.1, 0.15) is 5.66 Å². The highest BCUT2D eigenvalue weighted by Gasteiger charge is 2.51. The number of rotatable bonds is 5. The van der Waals surface area contributed by atoms with Crippen molar-refractivity contribution in [3.8, 4) is 0 Å². The topological polar surface area (TPSA) is 53.2 Å². The van der Waals surface area contributed by atoms with Gasteiger partial charge in [-0.25, -0.2) is 0 Å². The maximum atomic E-state index is 14.1. The second kappa shape index (κ2) is 9.46. The number of benzene rings is 2. The summed E-state index contributed by atoms with van der Waals surface area (Å²) in [7, 11) is 0. The molecular formula is C27H34BrN3O. The lowest BCUT2D eigenvalue weighted by molar-refractivity contribution is -0.130. The maximum absolute atomic E-state index is 14.1. The van der Waals surface area contributed by atoms with Gasteiger partial charge in [0.2, 0.25) is 5.91 Å². The molecule has 1 atom stereocenters. The largest absolute Gasteiger partial charge is 0.357 e. The molecule has 1 aliphatic heterocycles. The van der Waals surface area contributed by atoms with E-state index in [1.54, 1.807) is 0 Å². The summed E-state index contributed by atoms with van der Waals surface area (Å²) in [6.45, 7) is 0. The van der Waals surface area contributed by atoms with Crippen molar-refractivity contribution in [1.82, 2.24) is 5.32 Å². The molecule has 2 aliphatic carbocycles. The quantitative estimate of drug-likeness (QED) is 0.428. The van der Waals surface area contributed by atoms with Crippen LogP contribution in [-0.4, -0.2) is 11.9 Å². The molecule has 170 valence electrons. The van der Waals surface area contributed by atoms with E-state index in [-0.39, 0.29) is 11.8 Å². The average Bonchev–Trinajstić information content (AvgIpc) is 3.21. The molecule has 2 aromatic rings. The molecule has 0 aromatic heterocycles. The molecule has 4 nitrogen and oxygen atoms in total. The van der Waals surface area contributed by atoms with Crippen LogP contribution in [0.5, 0.6) is 0 Å². The third-order valence-electron chi connectivity index (χ3n) is 7.71. The Kier molecular flexibility index (Phi) is 6.45. The Hall–Kier alpha value is -2.01. The first-order valence-corrected chi connectivity index (χ1v) is 13.2. The first-order valence-electron chi connectivity index (χ1n) is 12.4. The molecule has 0 spiro atoms. The fraction of sp³-hybridized carbons (Fsp3) is 0.519. The Morgan fingerprint density at radius 2 is 1.41 bits per heavy atom. The van der Waals surface area contributed by atoms with Gasteiger partial charge in [0.05, 0.1) is 17.3 Å². The number of carbonyl (C=O) groups excluding carboxylic acids is 1. The van der Waals surface area contributed by atoms with Gasteiger partial charge in [-0.05, 0) is 61.4 Å². The van der Waals surface area contributed by atoms with Gasteiger partial charge in [-0.3, -0.25) is 4.79 Å². The molecule has 0 radical (unpaired) electrons. The maximum Gasteiger partial charge on any atom is 0.228 e. The molecule has 5 heteroatoms. The van der Waals surface area contributed by atoms with Crippen molar-refractivity contribution in [2.45, 2.75) is 75.9 Å². The highest BCUT2D eigenvalue weighted by atomic mass is 79.9. The lowest BCUT2D eigenvalue weighted by atomic mass is 9.71. The number of hydrogen-bond acceptors (Lipinski definition) is 3. The van der Waals surface area contributed by atoms with Gasteiger partial charge in [0.15, 0.2) is 0 Å². The van der Waals surface area contributed by atoms with Gasteiger partial charge >= 0.3 is 0 Å². The predicted octanol–water partition coefficient (Wildman–Crippen LogP) is 6.78. The van der Waals surface area contributed by atoms with Crippen molar-refractivity contribution in [3.05, 3.63) is 58.6 Å². The van der Waals surface area contributed by atoms with Crippen LogP contribution in [0.15, 0.2) is 53.0 Å². The molecule has 2 aromatic carbocycles. The van der Waals surface area contributed by atoms with E-state index in [4.69, 9.17) is 0 Å². The second-order valence-corrected chi connectivity index (χ2v) is 10.7. The first-order chi connectivity index (χ1) is 15.7. The molecule has 1 amide bonds. The Bertz CT molecular complexity index is 907. The summed E-state index contributed by atoms with van der Waals surface area (Å²) in [6.07, 6.45) is 11.9. The molecule has 2 fully saturated rings. The normalized spacial score (nSPS) is 21.8. The zero-order valence-corrected chi connectivity index (χ0v) is 20.3. The van der Waals surface area contributed by atoms with E-state index in [9.17, 15) is 4.79 Å². The highest BCUT2D eigenvalue weighted by Crippen LogP contribution is 2.49. The Morgan fingerprint density at radius 3 is 2.00 bits per heavy atom. The molecule has 1 unspecified atom stereocenters. The smallest absolute Gasteiger partial charge is 0.228 e. The minimum atomic E-state index is -0.648. The van der Waals surface area contributed by atoms with Crippen LogP contribution in [0.4, 0.5) is 11.4 Å². The van der Waals surface area contributed by atoms with E-state index in [1.807, 2.05) is 0 Å². The van der Waals surface area contributed by atoms with Gasteiger partial charge in [0, 0.05) is 10.5 Å². The van der Waals surface area contributed by atoms with Crippen molar-refractivity contribution in [1.29, 1.82) is 0 Å². The summed E-state index contributed by atoms with van der Waals surface area (Å²) in [5, 5.41) is 11.1. The molecule has 3 N–H and O–H groups in total. The van der Waals surface area contributed by atoms with Gasteiger partial charge in [-0.15, -0.1) is 0 Å². The lowest BCUT2D eigenvalue weighted by Crippen LogP contribution is -2.56. The van der Waals surface area contributed by atoms with Crippen LogP contribution in [0, 0.1) is 11.8 Å². The van der Waals surface area contributed by atoms with Crippen LogP contribution in [-0.2, 0) is 10.5 Å². The number of nitrogens with one attached hydrogen (secondary N) is 3. The highest BCUT2D eigenvalue weighted by molar-refractivity contribution is 9.10. The third kappa shape index (κ3) is 4.28. The van der Waals surface area contributed by atoms with E-state index in [0.717, 1.165) is 47.1 Å². The van der Waals surface area contributed by atoms with E-state index in [0.29, 0.717) is 12.0 Å². The summed E-state index contributed by atoms with van der Waals surface area (Å²) >= 11 is 3.59. The van der Waals surface area contributed by atoms with Crippen LogP contribution in [0.2, 0.25) is 0 Å². The molecule has 3 aliphatic rings. The molecule has 0 saturated heterocycles. The summed E-state index contributed by atoms with van der Waals surface area (Å²) in [5.41, 5.74) is 2.61. The van der Waals surface area contributed by atoms with Crippen LogP contribution in [0.3, 0.4) is 0 Å². The molecule has 0 bridgehead atoms. The molecule has 1 heterocycles. The van der Waals surface area contributed by atoms with Gasteiger partial charge in [-0.1, -0.05) is 78.7 Å². The van der Waals surface area contributed by atoms with E-state index < -0.39 is 5.66 Å². The fourth-order valence-corrected chi connectivity index (χ4v) is 6.38. The Labute approximate surface area is 200 Å².